The van der Waals surface area contributed by atoms with Crippen LogP contribution in [-0.2, 0) is 65.4 Å². The summed E-state index contributed by atoms with van der Waals surface area (Å²) in [5, 5.41) is 10.6. The van der Waals surface area contributed by atoms with Crippen LogP contribution in [0.5, 0.6) is 0 Å². The first-order chi connectivity index (χ1) is 47.4. The van der Waals surface area contributed by atoms with Crippen molar-refractivity contribution in [2.24, 2.45) is 11.8 Å². The number of rotatable bonds is 78. The number of hydrogen-bond donors (Lipinski definition) is 3. The van der Waals surface area contributed by atoms with E-state index in [-0.39, 0.29) is 25.7 Å². The van der Waals surface area contributed by atoms with Crippen LogP contribution in [0.1, 0.15) is 414 Å². The molecule has 0 heterocycles. The molecule has 0 spiro atoms. The van der Waals surface area contributed by atoms with Gasteiger partial charge in [-0.1, -0.05) is 363 Å². The first-order valence-electron chi connectivity index (χ1n) is 41.0. The maximum atomic E-state index is 13.1. The Morgan fingerprint density at radius 2 is 0.520 bits per heavy atom. The first kappa shape index (κ1) is 96.1. The van der Waals surface area contributed by atoms with Gasteiger partial charge in [0.2, 0.25) is 0 Å². The summed E-state index contributed by atoms with van der Waals surface area (Å²) < 4.78 is 68.7. The largest absolute Gasteiger partial charge is 0.472 e. The van der Waals surface area contributed by atoms with Crippen LogP contribution in [0.2, 0.25) is 0 Å². The molecule has 0 aromatic rings. The predicted octanol–water partition coefficient (Wildman–Crippen LogP) is 23.5. The molecule has 0 aliphatic rings. The van der Waals surface area contributed by atoms with Crippen LogP contribution in [0.15, 0.2) is 0 Å². The zero-order valence-corrected chi connectivity index (χ0v) is 65.9. The molecule has 17 nitrogen and oxygen atoms in total. The number of phosphoric acid groups is 2. The molecule has 0 aromatic carbocycles. The van der Waals surface area contributed by atoms with E-state index in [9.17, 15) is 43.2 Å². The van der Waals surface area contributed by atoms with Gasteiger partial charge in [0.05, 0.1) is 26.4 Å². The van der Waals surface area contributed by atoms with Crippen molar-refractivity contribution in [1.82, 2.24) is 0 Å². The fourth-order valence-electron chi connectivity index (χ4n) is 12.2. The summed E-state index contributed by atoms with van der Waals surface area (Å²) in [4.78, 5) is 73.0. The van der Waals surface area contributed by atoms with Crippen LogP contribution in [0.25, 0.3) is 0 Å². The van der Waals surface area contributed by atoms with Crippen molar-refractivity contribution in [3.63, 3.8) is 0 Å². The van der Waals surface area contributed by atoms with Gasteiger partial charge in [-0.3, -0.25) is 37.3 Å². The van der Waals surface area contributed by atoms with Gasteiger partial charge in [-0.2, -0.15) is 0 Å². The Bertz CT molecular complexity index is 1890. The Morgan fingerprint density at radius 1 is 0.296 bits per heavy atom. The standard InChI is InChI=1S/C79H154O17P2/c1-7-10-12-14-16-18-20-22-23-24-27-31-38-44-50-56-62-77(82)90-67-74(95-78(83)63-57-51-45-39-32-28-25-26-29-35-41-47-53-59-71(4)5)69-93-97(85,86)91-65-73(80)66-92-98(87,88)94-70-75(68-89-76(81)61-55-49-43-37-30-21-19-17-15-13-11-8-2)96-79(84)64-58-52-46-40-34-33-36-42-48-54-60-72(6)9-3/h71-75,80H,7-70H2,1-6H3,(H,85,86)(H,87,88)/t72?,73-,74-,75-/m1/s1. The van der Waals surface area contributed by atoms with Crippen LogP contribution in [0.4, 0.5) is 0 Å². The SMILES string of the molecule is CCCCCCCCCCCCCCCCCCC(=O)OC[C@H](COP(=O)(O)OC[C@@H](O)COP(=O)(O)OC[C@@H](COC(=O)CCCCCCCCCCCCCC)OC(=O)CCCCCCCCCCCCC(C)CC)OC(=O)CCCCCCCCCCCCCCCC(C)C. The van der Waals surface area contributed by atoms with Gasteiger partial charge in [-0.25, -0.2) is 9.13 Å². The topological polar surface area (TPSA) is 237 Å². The number of ether oxygens (including phenoxy) is 4. The molecule has 0 saturated carbocycles. The number of aliphatic hydroxyl groups excluding tert-OH is 1. The Labute approximate surface area is 600 Å². The van der Waals surface area contributed by atoms with Crippen molar-refractivity contribution in [2.45, 2.75) is 432 Å². The third kappa shape index (κ3) is 71.1. The van der Waals surface area contributed by atoms with Gasteiger partial charge >= 0.3 is 39.5 Å². The van der Waals surface area contributed by atoms with Gasteiger partial charge in [-0.05, 0) is 37.5 Å². The summed E-state index contributed by atoms with van der Waals surface area (Å²) >= 11 is 0. The Morgan fingerprint density at radius 3 is 0.776 bits per heavy atom. The molecular formula is C79H154O17P2. The minimum absolute atomic E-state index is 0.107. The van der Waals surface area contributed by atoms with Crippen LogP contribution in [0.3, 0.4) is 0 Å². The minimum Gasteiger partial charge on any atom is -0.462 e. The minimum atomic E-state index is -4.96. The summed E-state index contributed by atoms with van der Waals surface area (Å²) in [6.45, 7) is 9.67. The quantitative estimate of drug-likeness (QED) is 0.0222. The number of phosphoric ester groups is 2. The Hall–Kier alpha value is -1.94. The smallest absolute Gasteiger partial charge is 0.462 e. The fourth-order valence-corrected chi connectivity index (χ4v) is 13.7. The highest BCUT2D eigenvalue weighted by atomic mass is 31.2. The molecule has 6 atom stereocenters. The highest BCUT2D eigenvalue weighted by molar-refractivity contribution is 7.47. The van der Waals surface area contributed by atoms with Crippen molar-refractivity contribution < 1.29 is 80.2 Å². The third-order valence-electron chi connectivity index (χ3n) is 18.8. The Kier molecular flexibility index (Phi) is 69.3. The van der Waals surface area contributed by atoms with E-state index in [1.165, 1.54) is 231 Å². The van der Waals surface area contributed by atoms with E-state index in [0.717, 1.165) is 102 Å². The second-order valence-corrected chi connectivity index (χ2v) is 32.1. The third-order valence-corrected chi connectivity index (χ3v) is 20.7. The van der Waals surface area contributed by atoms with Gasteiger partial charge in [0.25, 0.3) is 0 Å². The number of carbonyl (C=O) groups excluding carboxylic acids is 4. The predicted molar refractivity (Wildman–Crippen MR) is 400 cm³/mol. The van der Waals surface area contributed by atoms with Crippen molar-refractivity contribution in [3.05, 3.63) is 0 Å². The lowest BCUT2D eigenvalue weighted by Crippen LogP contribution is -2.30. The lowest BCUT2D eigenvalue weighted by molar-refractivity contribution is -0.161. The van der Waals surface area contributed by atoms with Gasteiger partial charge < -0.3 is 33.8 Å². The zero-order valence-electron chi connectivity index (χ0n) is 64.1. The zero-order chi connectivity index (χ0) is 72.1. The maximum absolute atomic E-state index is 13.1. The van der Waals surface area contributed by atoms with E-state index >= 15 is 0 Å². The molecule has 3 unspecified atom stereocenters. The van der Waals surface area contributed by atoms with Gasteiger partial charge in [-0.15, -0.1) is 0 Å². The van der Waals surface area contributed by atoms with Crippen LogP contribution < -0.4 is 0 Å². The summed E-state index contributed by atoms with van der Waals surface area (Å²) in [6.07, 6.45) is 59.4. The van der Waals surface area contributed by atoms with Crippen LogP contribution in [-0.4, -0.2) is 96.7 Å². The molecule has 582 valence electrons. The molecule has 3 N–H and O–H groups in total. The number of unbranched alkanes of at least 4 members (excludes halogenated alkanes) is 47. The van der Waals surface area contributed by atoms with Gasteiger partial charge in [0, 0.05) is 25.7 Å². The fraction of sp³-hybridized carbons (Fsp3) is 0.949. The molecule has 0 radical (unpaired) electrons. The normalized spacial score (nSPS) is 14.2. The average Bonchev–Trinajstić information content (AvgIpc) is 0.975. The monoisotopic (exact) mass is 1440 g/mol. The molecule has 0 fully saturated rings. The summed E-state index contributed by atoms with van der Waals surface area (Å²) in [7, 11) is -9.92. The number of esters is 4. The molecule has 0 bridgehead atoms. The highest BCUT2D eigenvalue weighted by Gasteiger charge is 2.30. The first-order valence-corrected chi connectivity index (χ1v) is 44.0. The molecule has 0 aromatic heterocycles. The summed E-state index contributed by atoms with van der Waals surface area (Å²) in [6, 6.07) is 0. The number of aliphatic hydroxyl groups is 1. The molecule has 0 aliphatic carbocycles. The van der Waals surface area contributed by atoms with Crippen molar-refractivity contribution >= 4 is 39.5 Å². The highest BCUT2D eigenvalue weighted by Crippen LogP contribution is 2.45. The lowest BCUT2D eigenvalue weighted by atomic mass is 9.99. The summed E-state index contributed by atoms with van der Waals surface area (Å²) in [5.41, 5.74) is 0. The Balaban J connectivity index is 5.27. The van der Waals surface area contributed by atoms with E-state index in [2.05, 4.69) is 41.5 Å². The van der Waals surface area contributed by atoms with E-state index in [1.54, 1.807) is 0 Å². The number of hydrogen-bond acceptors (Lipinski definition) is 15. The second-order valence-electron chi connectivity index (χ2n) is 29.2. The van der Waals surface area contributed by atoms with E-state index < -0.39 is 97.5 Å². The molecule has 98 heavy (non-hydrogen) atoms. The molecule has 0 rings (SSSR count). The molecular weight excluding hydrogens is 1280 g/mol. The molecule has 19 heteroatoms. The van der Waals surface area contributed by atoms with E-state index in [4.69, 9.17) is 37.0 Å². The average molecular weight is 1440 g/mol. The van der Waals surface area contributed by atoms with Crippen LogP contribution in [0, 0.1) is 11.8 Å². The maximum Gasteiger partial charge on any atom is 0.472 e. The number of carbonyl (C=O) groups is 4. The second kappa shape index (κ2) is 70.7. The van der Waals surface area contributed by atoms with Gasteiger partial charge in [0.15, 0.2) is 12.2 Å². The lowest BCUT2D eigenvalue weighted by Gasteiger charge is -2.21. The van der Waals surface area contributed by atoms with E-state index in [1.807, 2.05) is 0 Å². The van der Waals surface area contributed by atoms with E-state index in [0.29, 0.717) is 25.7 Å². The molecule has 0 amide bonds. The summed E-state index contributed by atoms with van der Waals surface area (Å²) in [5.74, 6) is -0.519. The van der Waals surface area contributed by atoms with Crippen molar-refractivity contribution in [2.75, 3.05) is 39.6 Å². The van der Waals surface area contributed by atoms with Gasteiger partial charge in [0.1, 0.15) is 19.3 Å². The molecule has 0 aliphatic heterocycles. The van der Waals surface area contributed by atoms with Crippen molar-refractivity contribution in [1.29, 1.82) is 0 Å². The van der Waals surface area contributed by atoms with Crippen molar-refractivity contribution in [3.8, 4) is 0 Å². The van der Waals surface area contributed by atoms with Crippen LogP contribution >= 0.6 is 15.6 Å². The molecule has 0 saturated heterocycles.